The van der Waals surface area contributed by atoms with Crippen molar-refractivity contribution < 1.29 is 10.7 Å². The van der Waals surface area contributed by atoms with Gasteiger partial charge in [0.05, 0.1) is 6.54 Å². The molecule has 0 bridgehead atoms. The van der Waals surface area contributed by atoms with Crippen LogP contribution < -0.4 is 5.32 Å². The molecule has 1 aromatic heterocycles. The minimum atomic E-state index is -0.0551. The van der Waals surface area contributed by atoms with Crippen LogP contribution in [0.25, 0.3) is 0 Å². The number of rotatable bonds is 3. The molecule has 1 atom stereocenters. The minimum Gasteiger partial charge on any atom is -0.348 e. The number of nitrogens with one attached hydrogen (secondary N) is 1. The molecule has 106 valence electrons. The standard InChI is InChI=1S/C11H19N3O2.C2H6.H2/c1-7(11(3,4)5)10(15)12-6-9-13-8(2)16-14-9;1-2;/h7H,6H2,1-5H3,(H,12,15);1-2H3;1H. The Balaban J connectivity index is 0. The summed E-state index contributed by atoms with van der Waals surface area (Å²) in [7, 11) is 0. The second-order valence-corrected chi connectivity index (χ2v) is 5.04. The van der Waals surface area contributed by atoms with E-state index < -0.39 is 0 Å². The number of aromatic nitrogens is 2. The molecule has 0 aromatic carbocycles. The minimum absolute atomic E-state index is 0. The van der Waals surface area contributed by atoms with Gasteiger partial charge in [0.2, 0.25) is 11.8 Å². The Labute approximate surface area is 111 Å². The van der Waals surface area contributed by atoms with Crippen LogP contribution in [0.3, 0.4) is 0 Å². The highest BCUT2D eigenvalue weighted by Gasteiger charge is 2.26. The highest BCUT2D eigenvalue weighted by molar-refractivity contribution is 5.78. The van der Waals surface area contributed by atoms with Gasteiger partial charge in [-0.15, -0.1) is 0 Å². The quantitative estimate of drug-likeness (QED) is 0.904. The number of carbonyl (C=O) groups excluding carboxylic acids is 1. The third-order valence-electron chi connectivity index (χ3n) is 2.68. The van der Waals surface area contributed by atoms with Gasteiger partial charge in [-0.25, -0.2) is 0 Å². The van der Waals surface area contributed by atoms with Crippen LogP contribution in [0, 0.1) is 18.3 Å². The van der Waals surface area contributed by atoms with Crippen molar-refractivity contribution in [3.63, 3.8) is 0 Å². The van der Waals surface area contributed by atoms with Gasteiger partial charge in [-0.05, 0) is 5.41 Å². The summed E-state index contributed by atoms with van der Waals surface area (Å²) >= 11 is 0. The third-order valence-corrected chi connectivity index (χ3v) is 2.68. The van der Waals surface area contributed by atoms with Crippen molar-refractivity contribution in [1.82, 2.24) is 15.5 Å². The Morgan fingerprint density at radius 1 is 1.44 bits per heavy atom. The van der Waals surface area contributed by atoms with E-state index in [0.29, 0.717) is 18.3 Å². The molecule has 1 rings (SSSR count). The van der Waals surface area contributed by atoms with Crippen molar-refractivity contribution in [2.45, 2.75) is 55.0 Å². The molecule has 5 nitrogen and oxygen atoms in total. The highest BCUT2D eigenvalue weighted by Crippen LogP contribution is 2.25. The zero-order valence-corrected chi connectivity index (χ0v) is 12.5. The summed E-state index contributed by atoms with van der Waals surface area (Å²) in [6.45, 7) is 14.1. The van der Waals surface area contributed by atoms with Crippen molar-refractivity contribution in [1.29, 1.82) is 0 Å². The molecule has 0 saturated carbocycles. The molecular weight excluding hydrogens is 230 g/mol. The molecular formula is C13H27N3O2. The summed E-state index contributed by atoms with van der Waals surface area (Å²) < 4.78 is 4.81. The van der Waals surface area contributed by atoms with E-state index in [1.54, 1.807) is 6.92 Å². The van der Waals surface area contributed by atoms with Crippen molar-refractivity contribution >= 4 is 5.91 Å². The number of nitrogens with zero attached hydrogens (tertiary/aromatic N) is 2. The third kappa shape index (κ3) is 5.29. The van der Waals surface area contributed by atoms with Gasteiger partial charge in [0.25, 0.3) is 0 Å². The first-order valence-corrected chi connectivity index (χ1v) is 6.37. The summed E-state index contributed by atoms with van der Waals surface area (Å²) in [6.07, 6.45) is 0. The van der Waals surface area contributed by atoms with Crippen molar-refractivity contribution in [3.05, 3.63) is 11.7 Å². The van der Waals surface area contributed by atoms with Crippen molar-refractivity contribution in [2.75, 3.05) is 0 Å². The average molecular weight is 257 g/mol. The molecule has 0 saturated heterocycles. The Morgan fingerprint density at radius 3 is 2.39 bits per heavy atom. The molecule has 1 N–H and O–H groups in total. The van der Waals surface area contributed by atoms with Gasteiger partial charge in [0.15, 0.2) is 5.82 Å². The second kappa shape index (κ2) is 7.13. The highest BCUT2D eigenvalue weighted by atomic mass is 16.5. The molecule has 0 fully saturated rings. The topological polar surface area (TPSA) is 68.0 Å². The summed E-state index contributed by atoms with van der Waals surface area (Å²) in [4.78, 5) is 15.8. The summed E-state index contributed by atoms with van der Waals surface area (Å²) in [5.74, 6) is 0.968. The summed E-state index contributed by atoms with van der Waals surface area (Å²) in [6, 6.07) is 0. The predicted molar refractivity (Wildman–Crippen MR) is 73.0 cm³/mol. The van der Waals surface area contributed by atoms with Crippen LogP contribution in [-0.2, 0) is 11.3 Å². The smallest absolute Gasteiger partial charge is 0.223 e. The van der Waals surface area contributed by atoms with Crippen LogP contribution in [0.1, 0.15) is 54.7 Å². The fraction of sp³-hybridized carbons (Fsp3) is 0.769. The number of carbonyl (C=O) groups is 1. The van der Waals surface area contributed by atoms with Crippen LogP contribution in [-0.4, -0.2) is 16.0 Å². The van der Waals surface area contributed by atoms with Crippen LogP contribution in [0.15, 0.2) is 4.52 Å². The number of hydrogen-bond donors (Lipinski definition) is 1. The van der Waals surface area contributed by atoms with E-state index in [-0.39, 0.29) is 18.7 Å². The largest absolute Gasteiger partial charge is 0.348 e. The maximum absolute atomic E-state index is 11.8. The number of hydrogen-bond acceptors (Lipinski definition) is 4. The SMILES string of the molecule is CC.Cc1nc(CNC(=O)C(C)C(C)(C)C)no1.[HH]. The molecule has 0 spiro atoms. The van der Waals surface area contributed by atoms with Crippen molar-refractivity contribution in [2.24, 2.45) is 11.3 Å². The molecule has 1 amide bonds. The lowest BCUT2D eigenvalue weighted by atomic mass is 9.81. The molecule has 5 heteroatoms. The average Bonchev–Trinajstić information content (AvgIpc) is 2.72. The van der Waals surface area contributed by atoms with E-state index in [0.717, 1.165) is 0 Å². The van der Waals surface area contributed by atoms with Crippen LogP contribution in [0.2, 0.25) is 0 Å². The summed E-state index contributed by atoms with van der Waals surface area (Å²) in [5.41, 5.74) is -0.0444. The monoisotopic (exact) mass is 257 g/mol. The van der Waals surface area contributed by atoms with Crippen molar-refractivity contribution in [3.8, 4) is 0 Å². The lowest BCUT2D eigenvalue weighted by Gasteiger charge is -2.25. The zero-order valence-electron chi connectivity index (χ0n) is 12.5. The van der Waals surface area contributed by atoms with Gasteiger partial charge >= 0.3 is 0 Å². The first kappa shape index (κ1) is 16.6. The van der Waals surface area contributed by atoms with Crippen LogP contribution >= 0.6 is 0 Å². The van der Waals surface area contributed by atoms with Gasteiger partial charge in [0, 0.05) is 14.3 Å². The van der Waals surface area contributed by atoms with Gasteiger partial charge in [-0.2, -0.15) is 4.98 Å². The van der Waals surface area contributed by atoms with E-state index in [1.165, 1.54) is 0 Å². The van der Waals surface area contributed by atoms with Gasteiger partial charge < -0.3 is 9.84 Å². The van der Waals surface area contributed by atoms with E-state index in [2.05, 4.69) is 15.5 Å². The second-order valence-electron chi connectivity index (χ2n) is 5.04. The van der Waals surface area contributed by atoms with E-state index in [1.807, 2.05) is 41.5 Å². The lowest BCUT2D eigenvalue weighted by molar-refractivity contribution is -0.127. The molecule has 0 radical (unpaired) electrons. The van der Waals surface area contributed by atoms with Crippen LogP contribution in [0.5, 0.6) is 0 Å². The van der Waals surface area contributed by atoms with Gasteiger partial charge in [0.1, 0.15) is 0 Å². The van der Waals surface area contributed by atoms with E-state index in [9.17, 15) is 4.79 Å². The first-order chi connectivity index (χ1) is 8.30. The Morgan fingerprint density at radius 2 is 2.00 bits per heavy atom. The molecule has 0 aliphatic carbocycles. The Kier molecular flexibility index (Phi) is 6.58. The molecule has 1 unspecified atom stereocenters. The van der Waals surface area contributed by atoms with Gasteiger partial charge in [-0.1, -0.05) is 46.7 Å². The maximum atomic E-state index is 11.8. The number of aryl methyl sites for hydroxylation is 1. The normalized spacial score (nSPS) is 12.4. The zero-order chi connectivity index (χ0) is 14.3. The molecule has 1 aromatic rings. The molecule has 1 heterocycles. The fourth-order valence-electron chi connectivity index (χ4n) is 1.13. The predicted octanol–water partition coefficient (Wildman–Crippen LogP) is 2.95. The van der Waals surface area contributed by atoms with E-state index in [4.69, 9.17) is 4.52 Å². The number of amides is 1. The fourth-order valence-corrected chi connectivity index (χ4v) is 1.13. The molecule has 0 aliphatic rings. The molecule has 0 aliphatic heterocycles. The van der Waals surface area contributed by atoms with Gasteiger partial charge in [-0.3, -0.25) is 4.79 Å². The lowest BCUT2D eigenvalue weighted by Crippen LogP contribution is -2.35. The Bertz CT molecular complexity index is 372. The van der Waals surface area contributed by atoms with E-state index >= 15 is 0 Å². The first-order valence-electron chi connectivity index (χ1n) is 6.37. The summed E-state index contributed by atoms with van der Waals surface area (Å²) in [5, 5.41) is 6.50. The molecule has 18 heavy (non-hydrogen) atoms. The maximum Gasteiger partial charge on any atom is 0.223 e. The Hall–Kier alpha value is -1.39. The van der Waals surface area contributed by atoms with Crippen LogP contribution in [0.4, 0.5) is 0 Å².